The van der Waals surface area contributed by atoms with Gasteiger partial charge >= 0.3 is 0 Å². The van der Waals surface area contributed by atoms with Gasteiger partial charge in [0.15, 0.2) is 11.6 Å². The first-order chi connectivity index (χ1) is 11.9. The molecule has 1 heterocycles. The van der Waals surface area contributed by atoms with E-state index in [0.29, 0.717) is 17.7 Å². The van der Waals surface area contributed by atoms with E-state index in [4.69, 9.17) is 0 Å². The molecule has 5 heteroatoms. The fourth-order valence-electron chi connectivity index (χ4n) is 3.08. The van der Waals surface area contributed by atoms with Gasteiger partial charge in [0.25, 0.3) is 0 Å². The summed E-state index contributed by atoms with van der Waals surface area (Å²) in [6.07, 6.45) is 1.92. The van der Waals surface area contributed by atoms with Crippen LogP contribution in [-0.2, 0) is 6.54 Å². The molecule has 0 unspecified atom stereocenters. The number of carbonyl (C=O) groups excluding carboxylic acids is 2. The number of ketones is 2. The molecule has 0 fully saturated rings. The number of nitrogens with zero attached hydrogens (tertiary/aromatic N) is 2. The van der Waals surface area contributed by atoms with Crippen LogP contribution in [0.5, 0.6) is 0 Å². The first kappa shape index (κ1) is 19.9. The van der Waals surface area contributed by atoms with Crippen LogP contribution in [0, 0.1) is 0 Å². The quantitative estimate of drug-likeness (QED) is 0.463. The van der Waals surface area contributed by atoms with Gasteiger partial charge in [-0.15, -0.1) is 12.4 Å². The second-order valence-electron chi connectivity index (χ2n) is 6.61. The molecule has 0 aliphatic rings. The van der Waals surface area contributed by atoms with Crippen LogP contribution in [0.2, 0.25) is 0 Å². The molecule has 136 valence electrons. The first-order valence-corrected chi connectivity index (χ1v) is 8.48. The molecule has 0 saturated heterocycles. The third kappa shape index (κ3) is 3.70. The maximum Gasteiger partial charge on any atom is 0.159 e. The zero-order valence-corrected chi connectivity index (χ0v) is 16.3. The highest BCUT2D eigenvalue weighted by atomic mass is 35.5. The number of Topliss-reactive ketones (excluding diaryl/α,β-unsaturated/α-hetero) is 2. The maximum absolute atomic E-state index is 11.8. The molecular formula is C21H23ClN2O2. The molecule has 4 nitrogen and oxygen atoms in total. The van der Waals surface area contributed by atoms with Crippen LogP contribution in [-0.4, -0.2) is 28.4 Å². The Hall–Kier alpha value is -2.46. The minimum Gasteiger partial charge on any atom is -0.335 e. The predicted molar refractivity (Wildman–Crippen MR) is 110 cm³/mol. The number of hydrogen-bond acceptors (Lipinski definition) is 3. The zero-order chi connectivity index (χ0) is 18.1. The summed E-state index contributed by atoms with van der Waals surface area (Å²) in [4.78, 5) is 28.0. The Morgan fingerprint density at radius 1 is 0.962 bits per heavy atom. The Labute approximate surface area is 159 Å². The summed E-state index contributed by atoms with van der Waals surface area (Å²) in [6, 6.07) is 11.7. The van der Waals surface area contributed by atoms with Crippen LogP contribution in [0.1, 0.15) is 48.4 Å². The molecule has 0 aliphatic heterocycles. The number of aromatic nitrogens is 1. The van der Waals surface area contributed by atoms with E-state index in [1.165, 1.54) is 0 Å². The van der Waals surface area contributed by atoms with Gasteiger partial charge in [0, 0.05) is 45.2 Å². The molecule has 0 amide bonds. The van der Waals surface area contributed by atoms with Crippen molar-refractivity contribution in [2.24, 2.45) is 4.99 Å². The summed E-state index contributed by atoms with van der Waals surface area (Å²) in [6.45, 7) is 7.87. The van der Waals surface area contributed by atoms with Gasteiger partial charge in [-0.3, -0.25) is 14.6 Å². The fraction of sp³-hybridized carbons (Fsp3) is 0.286. The van der Waals surface area contributed by atoms with E-state index < -0.39 is 0 Å². The van der Waals surface area contributed by atoms with Gasteiger partial charge in [-0.2, -0.15) is 0 Å². The molecule has 0 radical (unpaired) electrons. The van der Waals surface area contributed by atoms with Crippen molar-refractivity contribution < 1.29 is 9.59 Å². The lowest BCUT2D eigenvalue weighted by molar-refractivity contribution is 0.100. The molecule has 1 aromatic heterocycles. The Bertz CT molecular complexity index is 944. The van der Waals surface area contributed by atoms with E-state index in [9.17, 15) is 9.59 Å². The maximum atomic E-state index is 11.8. The summed E-state index contributed by atoms with van der Waals surface area (Å²) < 4.78 is 2.17. The Kier molecular flexibility index (Phi) is 5.98. The lowest BCUT2D eigenvalue weighted by Crippen LogP contribution is -2.01. The van der Waals surface area contributed by atoms with Gasteiger partial charge in [-0.05, 0) is 64.1 Å². The zero-order valence-electron chi connectivity index (χ0n) is 15.4. The van der Waals surface area contributed by atoms with Crippen molar-refractivity contribution in [2.75, 3.05) is 0 Å². The molecule has 3 aromatic rings. The number of halogens is 1. The average molecular weight is 371 g/mol. The number of carbonyl (C=O) groups is 2. The van der Waals surface area contributed by atoms with Crippen LogP contribution < -0.4 is 0 Å². The van der Waals surface area contributed by atoms with Crippen LogP contribution in [0.25, 0.3) is 21.8 Å². The summed E-state index contributed by atoms with van der Waals surface area (Å²) in [5.74, 6) is 0.0683. The second-order valence-corrected chi connectivity index (χ2v) is 6.61. The summed E-state index contributed by atoms with van der Waals surface area (Å²) in [5.41, 5.74) is 3.43. The smallest absolute Gasteiger partial charge is 0.159 e. The van der Waals surface area contributed by atoms with Crippen LogP contribution in [0.15, 0.2) is 41.4 Å². The van der Waals surface area contributed by atoms with Gasteiger partial charge in [0.1, 0.15) is 0 Å². The molecule has 2 aromatic carbocycles. The molecule has 0 bridgehead atoms. The number of hydrogen-bond donors (Lipinski definition) is 0. The molecule has 0 aliphatic carbocycles. The number of aliphatic imine (C=N–C) groups is 1. The van der Waals surface area contributed by atoms with Gasteiger partial charge in [-0.25, -0.2) is 0 Å². The van der Waals surface area contributed by atoms with E-state index in [2.05, 4.69) is 9.56 Å². The largest absolute Gasteiger partial charge is 0.335 e. The molecule has 26 heavy (non-hydrogen) atoms. The monoisotopic (exact) mass is 370 g/mol. The number of rotatable bonds is 5. The summed E-state index contributed by atoms with van der Waals surface area (Å²) in [7, 11) is 0. The van der Waals surface area contributed by atoms with Gasteiger partial charge in [-0.1, -0.05) is 0 Å². The second kappa shape index (κ2) is 7.83. The SMILES string of the molecule is CC(=O)c1ccc2c(c1)c1cc(C(C)=O)ccc1n2CC=NC(C)C.Cl. The van der Waals surface area contributed by atoms with Gasteiger partial charge < -0.3 is 4.57 Å². The van der Waals surface area contributed by atoms with E-state index >= 15 is 0 Å². The minimum absolute atomic E-state index is 0. The average Bonchev–Trinajstić information content (AvgIpc) is 2.87. The number of fused-ring (bicyclic) bond motifs is 3. The molecule has 3 rings (SSSR count). The van der Waals surface area contributed by atoms with Crippen molar-refractivity contribution in [2.45, 2.75) is 40.3 Å². The highest BCUT2D eigenvalue weighted by Gasteiger charge is 2.13. The van der Waals surface area contributed by atoms with Crippen molar-refractivity contribution in [1.82, 2.24) is 4.57 Å². The molecule has 0 N–H and O–H groups in total. The van der Waals surface area contributed by atoms with Crippen molar-refractivity contribution in [1.29, 1.82) is 0 Å². The molecule has 0 atom stereocenters. The molecule has 0 saturated carbocycles. The minimum atomic E-state index is 0. The van der Waals surface area contributed by atoms with Gasteiger partial charge in [0.2, 0.25) is 0 Å². The van der Waals surface area contributed by atoms with Crippen LogP contribution in [0.3, 0.4) is 0 Å². The number of benzene rings is 2. The summed E-state index contributed by atoms with van der Waals surface area (Å²) in [5, 5.41) is 1.98. The van der Waals surface area contributed by atoms with E-state index in [0.717, 1.165) is 21.8 Å². The predicted octanol–water partition coefficient (Wildman–Crippen LogP) is 5.10. The highest BCUT2D eigenvalue weighted by molar-refractivity contribution is 6.13. The lowest BCUT2D eigenvalue weighted by Gasteiger charge is -2.05. The third-order valence-electron chi connectivity index (χ3n) is 4.35. The Morgan fingerprint density at radius 3 is 1.81 bits per heavy atom. The topological polar surface area (TPSA) is 51.4 Å². The van der Waals surface area contributed by atoms with Crippen molar-refractivity contribution in [3.8, 4) is 0 Å². The third-order valence-corrected chi connectivity index (χ3v) is 4.35. The van der Waals surface area contributed by atoms with Crippen molar-refractivity contribution in [3.63, 3.8) is 0 Å². The molecule has 0 spiro atoms. The Balaban J connectivity index is 0.00000243. The van der Waals surface area contributed by atoms with Crippen molar-refractivity contribution >= 4 is 52.0 Å². The fourth-order valence-corrected chi connectivity index (χ4v) is 3.08. The van der Waals surface area contributed by atoms with E-state index in [-0.39, 0.29) is 30.0 Å². The first-order valence-electron chi connectivity index (χ1n) is 8.48. The van der Waals surface area contributed by atoms with E-state index in [1.54, 1.807) is 13.8 Å². The van der Waals surface area contributed by atoms with Crippen LogP contribution >= 0.6 is 12.4 Å². The molecular weight excluding hydrogens is 348 g/mol. The lowest BCUT2D eigenvalue weighted by atomic mass is 10.0. The van der Waals surface area contributed by atoms with Gasteiger partial charge in [0.05, 0.1) is 6.54 Å². The Morgan fingerprint density at radius 2 is 1.42 bits per heavy atom. The van der Waals surface area contributed by atoms with Crippen molar-refractivity contribution in [3.05, 3.63) is 47.5 Å². The highest BCUT2D eigenvalue weighted by Crippen LogP contribution is 2.30. The van der Waals surface area contributed by atoms with Crippen LogP contribution in [0.4, 0.5) is 0 Å². The standard InChI is InChI=1S/C21H22N2O2.ClH/c1-13(2)22-9-10-23-20-7-5-16(14(3)24)11-18(20)19-12-17(15(4)25)6-8-21(19)23;/h5-9,11-13H,10H2,1-4H3;1H. The summed E-state index contributed by atoms with van der Waals surface area (Å²) >= 11 is 0. The van der Waals surface area contributed by atoms with E-state index in [1.807, 2.05) is 56.5 Å². The normalized spacial score (nSPS) is 11.4.